The number of carbonyl (C=O) groups is 2. The van der Waals surface area contributed by atoms with Crippen molar-refractivity contribution in [3.05, 3.63) is 65.2 Å². The number of carbonyl (C=O) groups excluding carboxylic acids is 2. The van der Waals surface area contributed by atoms with E-state index in [4.69, 9.17) is 9.47 Å². The molecule has 0 aliphatic heterocycles. The van der Waals surface area contributed by atoms with Crippen molar-refractivity contribution in [3.8, 4) is 0 Å². The van der Waals surface area contributed by atoms with E-state index in [2.05, 4.69) is 16.7 Å². The number of rotatable bonds is 7. The predicted octanol–water partition coefficient (Wildman–Crippen LogP) is 4.15. The van der Waals surface area contributed by atoms with E-state index in [1.54, 1.807) is 30.3 Å². The first-order valence-electron chi connectivity index (χ1n) is 8.57. The summed E-state index contributed by atoms with van der Waals surface area (Å²) in [5, 5.41) is 5.37. The van der Waals surface area contributed by atoms with Crippen molar-refractivity contribution < 1.29 is 19.1 Å². The van der Waals surface area contributed by atoms with E-state index in [-0.39, 0.29) is 12.5 Å². The summed E-state index contributed by atoms with van der Waals surface area (Å²) in [6.45, 7) is 4.53. The van der Waals surface area contributed by atoms with Gasteiger partial charge in [0.2, 0.25) is 5.91 Å². The van der Waals surface area contributed by atoms with Gasteiger partial charge >= 0.3 is 6.09 Å². The molecule has 2 rings (SSSR count). The number of ether oxygens (including phenoxy) is 2. The second kappa shape index (κ2) is 10.1. The molecule has 0 atom stereocenters. The fourth-order valence-corrected chi connectivity index (χ4v) is 2.41. The highest BCUT2D eigenvalue weighted by Gasteiger charge is 2.05. The molecule has 6 heteroatoms. The summed E-state index contributed by atoms with van der Waals surface area (Å²) in [5.74, 6) is -0.255. The van der Waals surface area contributed by atoms with Crippen LogP contribution in [0.5, 0.6) is 0 Å². The zero-order chi connectivity index (χ0) is 19.6. The zero-order valence-electron chi connectivity index (χ0n) is 15.7. The van der Waals surface area contributed by atoms with E-state index in [1.807, 2.05) is 26.0 Å². The minimum atomic E-state index is -0.578. The van der Waals surface area contributed by atoms with Crippen molar-refractivity contribution in [2.24, 2.45) is 0 Å². The van der Waals surface area contributed by atoms with E-state index < -0.39 is 6.09 Å². The Morgan fingerprint density at radius 3 is 2.44 bits per heavy atom. The smallest absolute Gasteiger partial charge is 0.411 e. The van der Waals surface area contributed by atoms with Gasteiger partial charge in [-0.25, -0.2) is 4.79 Å². The summed E-state index contributed by atoms with van der Waals surface area (Å²) in [6, 6.07) is 12.9. The molecule has 2 aromatic carbocycles. The second-order valence-corrected chi connectivity index (χ2v) is 6.02. The molecule has 0 unspecified atom stereocenters. The lowest BCUT2D eigenvalue weighted by molar-refractivity contribution is -0.111. The minimum Gasteiger partial charge on any atom is -0.447 e. The molecule has 0 spiro atoms. The van der Waals surface area contributed by atoms with Crippen molar-refractivity contribution >= 4 is 29.5 Å². The van der Waals surface area contributed by atoms with E-state index in [0.29, 0.717) is 18.0 Å². The molecule has 0 aliphatic carbocycles. The first-order valence-corrected chi connectivity index (χ1v) is 8.57. The number of hydrogen-bond acceptors (Lipinski definition) is 4. The van der Waals surface area contributed by atoms with Crippen LogP contribution in [0.25, 0.3) is 6.08 Å². The quantitative estimate of drug-likeness (QED) is 0.569. The van der Waals surface area contributed by atoms with Crippen LogP contribution in [-0.2, 0) is 14.3 Å². The van der Waals surface area contributed by atoms with E-state index in [1.165, 1.54) is 18.7 Å². The maximum Gasteiger partial charge on any atom is 0.411 e. The lowest BCUT2D eigenvalue weighted by atomic mass is 10.1. The van der Waals surface area contributed by atoms with Gasteiger partial charge in [-0.1, -0.05) is 29.8 Å². The molecule has 0 aliphatic rings. The Balaban J connectivity index is 1.93. The molecule has 2 N–H and O–H groups in total. The number of hydrogen-bond donors (Lipinski definition) is 2. The van der Waals surface area contributed by atoms with Crippen molar-refractivity contribution in [1.29, 1.82) is 0 Å². The Hall–Kier alpha value is -3.12. The molecular formula is C21H24N2O4. The maximum absolute atomic E-state index is 12.1. The molecule has 0 radical (unpaired) electrons. The van der Waals surface area contributed by atoms with Crippen molar-refractivity contribution in [2.75, 3.05) is 31.0 Å². The number of methoxy groups -OCH3 is 1. The SMILES string of the molecule is COCCOC(=O)Nc1cccc(NC(=O)/C=C/c2ccc(C)cc2C)c1. The molecule has 0 bridgehead atoms. The van der Waals surface area contributed by atoms with E-state index in [9.17, 15) is 9.59 Å². The van der Waals surface area contributed by atoms with Gasteiger partial charge in [0.15, 0.2) is 0 Å². The number of aryl methyl sites for hydroxylation is 2. The van der Waals surface area contributed by atoms with E-state index >= 15 is 0 Å². The summed E-state index contributed by atoms with van der Waals surface area (Å²) in [6.07, 6.45) is 2.68. The second-order valence-electron chi connectivity index (χ2n) is 6.02. The third kappa shape index (κ3) is 6.95. The molecular weight excluding hydrogens is 344 g/mol. The number of amides is 2. The van der Waals surface area contributed by atoms with Gasteiger partial charge in [-0.3, -0.25) is 10.1 Å². The Morgan fingerprint density at radius 1 is 1.00 bits per heavy atom. The molecule has 142 valence electrons. The van der Waals surface area contributed by atoms with Crippen LogP contribution in [-0.4, -0.2) is 32.3 Å². The lowest BCUT2D eigenvalue weighted by Crippen LogP contribution is -2.16. The van der Waals surface area contributed by atoms with Crippen LogP contribution in [0, 0.1) is 13.8 Å². The molecule has 0 heterocycles. The summed E-state index contributed by atoms with van der Waals surface area (Å²) < 4.78 is 9.76. The third-order valence-electron chi connectivity index (χ3n) is 3.74. The minimum absolute atomic E-state index is 0.169. The van der Waals surface area contributed by atoms with Gasteiger partial charge in [-0.2, -0.15) is 0 Å². The maximum atomic E-state index is 12.1. The highest BCUT2D eigenvalue weighted by Crippen LogP contribution is 2.16. The molecule has 2 aromatic rings. The summed E-state index contributed by atoms with van der Waals surface area (Å²) >= 11 is 0. The fraction of sp³-hybridized carbons (Fsp3) is 0.238. The third-order valence-corrected chi connectivity index (χ3v) is 3.74. The molecule has 0 saturated heterocycles. The fourth-order valence-electron chi connectivity index (χ4n) is 2.41. The average molecular weight is 368 g/mol. The Kier molecular flexibility index (Phi) is 7.58. The van der Waals surface area contributed by atoms with Crippen LogP contribution in [0.2, 0.25) is 0 Å². The van der Waals surface area contributed by atoms with Crippen molar-refractivity contribution in [1.82, 2.24) is 0 Å². The number of benzene rings is 2. The first kappa shape index (κ1) is 20.2. The summed E-state index contributed by atoms with van der Waals surface area (Å²) in [7, 11) is 1.53. The topological polar surface area (TPSA) is 76.7 Å². The lowest BCUT2D eigenvalue weighted by Gasteiger charge is -2.08. The van der Waals surface area contributed by atoms with Crippen LogP contribution >= 0.6 is 0 Å². The first-order chi connectivity index (χ1) is 13.0. The predicted molar refractivity (Wildman–Crippen MR) is 107 cm³/mol. The highest BCUT2D eigenvalue weighted by atomic mass is 16.6. The molecule has 0 aromatic heterocycles. The van der Waals surface area contributed by atoms with Gasteiger partial charge in [0.05, 0.1) is 6.61 Å². The zero-order valence-corrected chi connectivity index (χ0v) is 15.7. The molecule has 27 heavy (non-hydrogen) atoms. The van der Waals surface area contributed by atoms with Gasteiger partial charge in [0, 0.05) is 24.6 Å². The van der Waals surface area contributed by atoms with Crippen molar-refractivity contribution in [3.63, 3.8) is 0 Å². The normalized spacial score (nSPS) is 10.6. The summed E-state index contributed by atoms with van der Waals surface area (Å²) in [5.41, 5.74) is 4.37. The molecule has 6 nitrogen and oxygen atoms in total. The Labute approximate surface area is 159 Å². The monoisotopic (exact) mass is 368 g/mol. The van der Waals surface area contributed by atoms with Crippen LogP contribution in [0.3, 0.4) is 0 Å². The van der Waals surface area contributed by atoms with Crippen LogP contribution in [0.4, 0.5) is 16.2 Å². The molecule has 0 saturated carbocycles. The largest absolute Gasteiger partial charge is 0.447 e. The van der Waals surface area contributed by atoms with Gasteiger partial charge in [0.25, 0.3) is 0 Å². The van der Waals surface area contributed by atoms with Gasteiger partial charge < -0.3 is 14.8 Å². The summed E-state index contributed by atoms with van der Waals surface area (Å²) in [4.78, 5) is 23.8. The Bertz CT molecular complexity index is 831. The van der Waals surface area contributed by atoms with Crippen molar-refractivity contribution in [2.45, 2.75) is 13.8 Å². The standard InChI is InChI=1S/C21H24N2O4/c1-15-7-8-17(16(2)13-15)9-10-20(24)22-18-5-4-6-19(14-18)23-21(25)27-12-11-26-3/h4-10,13-14H,11-12H2,1-3H3,(H,22,24)(H,23,25)/b10-9+. The van der Waals surface area contributed by atoms with Gasteiger partial charge in [0.1, 0.15) is 6.61 Å². The molecule has 0 fully saturated rings. The number of nitrogens with one attached hydrogen (secondary N) is 2. The van der Waals surface area contributed by atoms with Crippen LogP contribution < -0.4 is 10.6 Å². The van der Waals surface area contributed by atoms with Crippen LogP contribution in [0.1, 0.15) is 16.7 Å². The Morgan fingerprint density at radius 2 is 1.74 bits per heavy atom. The van der Waals surface area contributed by atoms with E-state index in [0.717, 1.165) is 11.1 Å². The highest BCUT2D eigenvalue weighted by molar-refractivity contribution is 6.02. The van der Waals surface area contributed by atoms with Crippen LogP contribution in [0.15, 0.2) is 48.5 Å². The van der Waals surface area contributed by atoms with Gasteiger partial charge in [-0.15, -0.1) is 0 Å². The molecule has 2 amide bonds. The average Bonchev–Trinajstić information content (AvgIpc) is 2.61. The van der Waals surface area contributed by atoms with Gasteiger partial charge in [-0.05, 0) is 49.2 Å². The number of anilines is 2.